The molecule has 0 aromatic carbocycles. The molecule has 0 spiro atoms. The van der Waals surface area contributed by atoms with Gasteiger partial charge in [0.25, 0.3) is 0 Å². The lowest BCUT2D eigenvalue weighted by molar-refractivity contribution is -0.388. The minimum atomic E-state index is -0.531. The maximum atomic E-state index is 11.1. The highest BCUT2D eigenvalue weighted by atomic mass is 16.6. The molecule has 8 heteroatoms. The average Bonchev–Trinajstić information content (AvgIpc) is 2.62. The van der Waals surface area contributed by atoms with E-state index in [1.54, 1.807) is 30.5 Å². The van der Waals surface area contributed by atoms with Gasteiger partial charge in [0.05, 0.1) is 13.5 Å². The van der Waals surface area contributed by atoms with Gasteiger partial charge in [-0.25, -0.2) is 0 Å². The highest BCUT2D eigenvalue weighted by molar-refractivity contribution is 5.70. The number of ether oxygens (including phenoxy) is 1. The van der Waals surface area contributed by atoms with Crippen molar-refractivity contribution in [2.45, 2.75) is 13.3 Å². The summed E-state index contributed by atoms with van der Waals surface area (Å²) in [6.07, 6.45) is 0.161. The van der Waals surface area contributed by atoms with Crippen LogP contribution in [0.3, 0.4) is 0 Å². The topological polar surface area (TPSA) is 90.5 Å². The van der Waals surface area contributed by atoms with Crippen molar-refractivity contribution < 1.29 is 14.5 Å². The van der Waals surface area contributed by atoms with Gasteiger partial charge in [-0.1, -0.05) is 0 Å². The van der Waals surface area contributed by atoms with E-state index in [1.165, 1.54) is 7.11 Å². The molecule has 0 aliphatic carbocycles. The van der Waals surface area contributed by atoms with Gasteiger partial charge in [-0.2, -0.15) is 0 Å². The predicted octanol–water partition coefficient (Wildman–Crippen LogP) is 0.636. The van der Waals surface area contributed by atoms with Crippen LogP contribution in [0.5, 0.6) is 0 Å². The Morgan fingerprint density at radius 3 is 2.72 bits per heavy atom. The Hall–Kier alpha value is -2.12. The summed E-state index contributed by atoms with van der Waals surface area (Å²) in [7, 11) is 4.67. The van der Waals surface area contributed by atoms with Gasteiger partial charge < -0.3 is 19.8 Å². The van der Waals surface area contributed by atoms with E-state index in [-0.39, 0.29) is 18.2 Å². The standard InChI is InChI=1S/C10H16N4O4/c1-7-11-9(14(16)17)10(13(7)3)12(2)6-5-8(15)18-4/h5-6H2,1-4H3. The van der Waals surface area contributed by atoms with E-state index in [4.69, 9.17) is 0 Å². The molecule has 1 aromatic rings. The lowest BCUT2D eigenvalue weighted by Crippen LogP contribution is -2.24. The normalized spacial score (nSPS) is 10.2. The third kappa shape index (κ3) is 2.76. The van der Waals surface area contributed by atoms with Gasteiger partial charge in [-0.05, 0) is 9.91 Å². The summed E-state index contributed by atoms with van der Waals surface area (Å²) in [5.74, 6) is 0.355. The highest BCUT2D eigenvalue weighted by Gasteiger charge is 2.26. The third-order valence-electron chi connectivity index (χ3n) is 2.68. The molecule has 0 fully saturated rings. The van der Waals surface area contributed by atoms with Gasteiger partial charge >= 0.3 is 11.8 Å². The van der Waals surface area contributed by atoms with E-state index >= 15 is 0 Å². The van der Waals surface area contributed by atoms with Gasteiger partial charge in [0.1, 0.15) is 0 Å². The highest BCUT2D eigenvalue weighted by Crippen LogP contribution is 2.26. The van der Waals surface area contributed by atoms with Crippen LogP contribution < -0.4 is 4.90 Å². The number of imidazole rings is 1. The van der Waals surface area contributed by atoms with Crippen LogP contribution in [0.4, 0.5) is 11.6 Å². The zero-order valence-electron chi connectivity index (χ0n) is 10.8. The molecule has 1 rings (SSSR count). The number of hydrogen-bond donors (Lipinski definition) is 0. The minimum absolute atomic E-state index is 0.161. The number of aromatic nitrogens is 2. The largest absolute Gasteiger partial charge is 0.469 e. The van der Waals surface area contributed by atoms with E-state index < -0.39 is 4.92 Å². The molecule has 0 bridgehead atoms. The summed E-state index contributed by atoms with van der Waals surface area (Å²) in [5.41, 5.74) is 0. The SMILES string of the molecule is COC(=O)CCN(C)c1c([N+](=O)[O-])nc(C)n1C. The van der Waals surface area contributed by atoms with E-state index in [0.717, 1.165) is 0 Å². The van der Waals surface area contributed by atoms with Crippen LogP contribution in [-0.2, 0) is 16.6 Å². The zero-order chi connectivity index (χ0) is 13.9. The summed E-state index contributed by atoms with van der Waals surface area (Å²) in [5, 5.41) is 10.9. The van der Waals surface area contributed by atoms with Crippen LogP contribution in [0.2, 0.25) is 0 Å². The first kappa shape index (κ1) is 13.9. The molecule has 0 aliphatic heterocycles. The van der Waals surface area contributed by atoms with Crippen LogP contribution in [0.25, 0.3) is 0 Å². The summed E-state index contributed by atoms with van der Waals surface area (Å²) in [6, 6.07) is 0. The Morgan fingerprint density at radius 2 is 2.22 bits per heavy atom. The molecule has 0 saturated heterocycles. The second kappa shape index (κ2) is 5.48. The van der Waals surface area contributed by atoms with Gasteiger partial charge in [-0.3, -0.25) is 9.36 Å². The number of nitrogens with zero attached hydrogens (tertiary/aromatic N) is 4. The summed E-state index contributed by atoms with van der Waals surface area (Å²) in [4.78, 5) is 26.9. The summed E-state index contributed by atoms with van der Waals surface area (Å²) >= 11 is 0. The van der Waals surface area contributed by atoms with Crippen molar-refractivity contribution in [2.24, 2.45) is 7.05 Å². The van der Waals surface area contributed by atoms with Crippen molar-refractivity contribution in [3.05, 3.63) is 15.9 Å². The predicted molar refractivity (Wildman–Crippen MR) is 64.5 cm³/mol. The van der Waals surface area contributed by atoms with E-state index in [2.05, 4.69) is 9.72 Å². The zero-order valence-corrected chi connectivity index (χ0v) is 10.8. The van der Waals surface area contributed by atoms with Crippen LogP contribution in [0.15, 0.2) is 0 Å². The van der Waals surface area contributed by atoms with Crippen LogP contribution >= 0.6 is 0 Å². The molecule has 8 nitrogen and oxygen atoms in total. The van der Waals surface area contributed by atoms with Gasteiger partial charge in [0.15, 0.2) is 0 Å². The molecule has 0 atom stereocenters. The third-order valence-corrected chi connectivity index (χ3v) is 2.68. The number of methoxy groups -OCH3 is 1. The number of anilines is 1. The van der Waals surface area contributed by atoms with Crippen molar-refractivity contribution in [2.75, 3.05) is 25.6 Å². The van der Waals surface area contributed by atoms with Crippen molar-refractivity contribution in [1.82, 2.24) is 9.55 Å². The van der Waals surface area contributed by atoms with Crippen LogP contribution in [-0.4, -0.2) is 41.1 Å². The first-order valence-corrected chi connectivity index (χ1v) is 5.34. The van der Waals surface area contributed by atoms with Crippen LogP contribution in [0, 0.1) is 17.0 Å². The minimum Gasteiger partial charge on any atom is -0.469 e. The lowest BCUT2D eigenvalue weighted by atomic mass is 10.4. The fraction of sp³-hybridized carbons (Fsp3) is 0.600. The van der Waals surface area contributed by atoms with Crippen molar-refractivity contribution in [1.29, 1.82) is 0 Å². The average molecular weight is 256 g/mol. The van der Waals surface area contributed by atoms with Gasteiger partial charge in [0.2, 0.25) is 11.6 Å². The molecule has 0 radical (unpaired) electrons. The summed E-state index contributed by atoms with van der Waals surface area (Å²) in [6.45, 7) is 2.01. The number of nitro groups is 1. The fourth-order valence-corrected chi connectivity index (χ4v) is 1.60. The van der Waals surface area contributed by atoms with Gasteiger partial charge in [-0.15, -0.1) is 0 Å². The molecule has 0 saturated carbocycles. The van der Waals surface area contributed by atoms with Crippen molar-refractivity contribution in [3.8, 4) is 0 Å². The van der Waals surface area contributed by atoms with Gasteiger partial charge in [0, 0.05) is 27.6 Å². The van der Waals surface area contributed by atoms with Crippen LogP contribution in [0.1, 0.15) is 12.2 Å². The molecule has 0 unspecified atom stereocenters. The van der Waals surface area contributed by atoms with E-state index in [9.17, 15) is 14.9 Å². The van der Waals surface area contributed by atoms with Crippen molar-refractivity contribution >= 4 is 17.6 Å². The number of carbonyl (C=O) groups excluding carboxylic acids is 1. The molecular weight excluding hydrogens is 240 g/mol. The Labute approximate surface area is 104 Å². The Kier molecular flexibility index (Phi) is 4.24. The first-order valence-electron chi connectivity index (χ1n) is 5.34. The van der Waals surface area contributed by atoms with E-state index in [0.29, 0.717) is 18.2 Å². The number of hydrogen-bond acceptors (Lipinski definition) is 6. The molecule has 0 amide bonds. The number of carbonyl (C=O) groups is 1. The molecule has 0 aliphatic rings. The molecular formula is C10H16N4O4. The monoisotopic (exact) mass is 256 g/mol. The Bertz CT molecular complexity index is 469. The molecule has 18 heavy (non-hydrogen) atoms. The maximum absolute atomic E-state index is 11.1. The van der Waals surface area contributed by atoms with E-state index in [1.807, 2.05) is 0 Å². The Morgan fingerprint density at radius 1 is 1.61 bits per heavy atom. The smallest absolute Gasteiger partial charge is 0.406 e. The lowest BCUT2D eigenvalue weighted by Gasteiger charge is -2.17. The fourth-order valence-electron chi connectivity index (χ4n) is 1.60. The number of aryl methyl sites for hydroxylation is 1. The van der Waals surface area contributed by atoms with Crippen molar-refractivity contribution in [3.63, 3.8) is 0 Å². The summed E-state index contributed by atoms with van der Waals surface area (Å²) < 4.78 is 6.15. The maximum Gasteiger partial charge on any atom is 0.406 e. The second-order valence-corrected chi connectivity index (χ2v) is 3.87. The molecule has 1 heterocycles. The first-order chi connectivity index (χ1) is 8.38. The number of esters is 1. The molecule has 0 N–H and O–H groups in total. The Balaban J connectivity index is 2.94. The number of rotatable bonds is 5. The molecule has 1 aromatic heterocycles. The molecule has 100 valence electrons. The quantitative estimate of drug-likeness (QED) is 0.436. The second-order valence-electron chi connectivity index (χ2n) is 3.87.